The second kappa shape index (κ2) is 6.50. The van der Waals surface area contributed by atoms with Crippen molar-refractivity contribution >= 4 is 23.3 Å². The first-order valence-electron chi connectivity index (χ1n) is 6.36. The number of carbonyl (C=O) groups is 1. The minimum atomic E-state index is -0.475. The number of esters is 1. The van der Waals surface area contributed by atoms with Gasteiger partial charge in [0.05, 0.1) is 12.7 Å². The summed E-state index contributed by atoms with van der Waals surface area (Å²) in [6.07, 6.45) is 0. The Kier molecular flexibility index (Phi) is 4.70. The highest BCUT2D eigenvalue weighted by atomic mass is 35.5. The lowest BCUT2D eigenvalue weighted by molar-refractivity contribution is 0.0472. The lowest BCUT2D eigenvalue weighted by Crippen LogP contribution is -2.06. The molecule has 0 amide bonds. The van der Waals surface area contributed by atoms with Crippen LogP contribution < -0.4 is 10.5 Å². The number of nitrogens with two attached hydrogens (primary N) is 1. The highest BCUT2D eigenvalue weighted by Gasteiger charge is 2.11. The molecule has 0 aliphatic carbocycles. The average molecular weight is 306 g/mol. The standard InChI is InChI=1S/C16H16ClNO3/c1-10-3-4-11(15(17)5-10)9-21-16(19)12-6-13(18)8-14(7-12)20-2/h3-8H,9,18H2,1-2H3. The number of hydrogen-bond donors (Lipinski definition) is 1. The number of anilines is 1. The zero-order valence-electron chi connectivity index (χ0n) is 11.9. The van der Waals surface area contributed by atoms with E-state index in [4.69, 9.17) is 26.8 Å². The van der Waals surface area contributed by atoms with Gasteiger partial charge in [0.25, 0.3) is 0 Å². The number of ether oxygens (including phenoxy) is 2. The third kappa shape index (κ3) is 3.89. The van der Waals surface area contributed by atoms with Crippen LogP contribution in [0.2, 0.25) is 5.02 Å². The van der Waals surface area contributed by atoms with Crippen LogP contribution in [0.15, 0.2) is 36.4 Å². The molecule has 0 saturated carbocycles. The van der Waals surface area contributed by atoms with Gasteiger partial charge in [-0.15, -0.1) is 0 Å². The molecule has 2 aromatic carbocycles. The van der Waals surface area contributed by atoms with Crippen molar-refractivity contribution in [2.75, 3.05) is 12.8 Å². The van der Waals surface area contributed by atoms with E-state index in [2.05, 4.69) is 0 Å². The van der Waals surface area contributed by atoms with Gasteiger partial charge in [-0.3, -0.25) is 0 Å². The lowest BCUT2D eigenvalue weighted by atomic mass is 10.1. The van der Waals surface area contributed by atoms with Crippen LogP contribution in [-0.2, 0) is 11.3 Å². The van der Waals surface area contributed by atoms with Gasteiger partial charge in [-0.25, -0.2) is 4.79 Å². The number of hydrogen-bond acceptors (Lipinski definition) is 4. The summed E-state index contributed by atoms with van der Waals surface area (Å²) in [5.41, 5.74) is 8.30. The summed E-state index contributed by atoms with van der Waals surface area (Å²) in [4.78, 5) is 12.0. The minimum absolute atomic E-state index is 0.106. The lowest BCUT2D eigenvalue weighted by Gasteiger charge is -2.09. The fourth-order valence-corrected chi connectivity index (χ4v) is 2.14. The maximum Gasteiger partial charge on any atom is 0.338 e. The van der Waals surface area contributed by atoms with E-state index in [0.29, 0.717) is 22.0 Å². The van der Waals surface area contributed by atoms with E-state index in [9.17, 15) is 4.79 Å². The Morgan fingerprint density at radius 3 is 2.67 bits per heavy atom. The van der Waals surface area contributed by atoms with E-state index in [1.54, 1.807) is 18.2 Å². The van der Waals surface area contributed by atoms with Crippen LogP contribution in [0.3, 0.4) is 0 Å². The highest BCUT2D eigenvalue weighted by Crippen LogP contribution is 2.21. The molecule has 0 bridgehead atoms. The quantitative estimate of drug-likeness (QED) is 0.692. The fourth-order valence-electron chi connectivity index (χ4n) is 1.85. The second-order valence-corrected chi connectivity index (χ2v) is 5.07. The van der Waals surface area contributed by atoms with Crippen molar-refractivity contribution in [3.63, 3.8) is 0 Å². The van der Waals surface area contributed by atoms with Crippen molar-refractivity contribution < 1.29 is 14.3 Å². The minimum Gasteiger partial charge on any atom is -0.497 e. The zero-order valence-corrected chi connectivity index (χ0v) is 12.6. The van der Waals surface area contributed by atoms with Crippen LogP contribution in [0.5, 0.6) is 5.75 Å². The van der Waals surface area contributed by atoms with Crippen LogP contribution in [0, 0.1) is 6.92 Å². The first-order valence-corrected chi connectivity index (χ1v) is 6.74. The van der Waals surface area contributed by atoms with E-state index >= 15 is 0 Å². The van der Waals surface area contributed by atoms with Crippen molar-refractivity contribution in [2.24, 2.45) is 0 Å². The number of nitrogen functional groups attached to an aromatic ring is 1. The largest absolute Gasteiger partial charge is 0.497 e. The Morgan fingerprint density at radius 1 is 1.24 bits per heavy atom. The summed E-state index contributed by atoms with van der Waals surface area (Å²) < 4.78 is 10.3. The molecule has 4 nitrogen and oxygen atoms in total. The van der Waals surface area contributed by atoms with Gasteiger partial charge < -0.3 is 15.2 Å². The molecule has 2 aromatic rings. The summed E-state index contributed by atoms with van der Waals surface area (Å²) >= 11 is 6.10. The molecule has 0 aromatic heterocycles. The summed E-state index contributed by atoms with van der Waals surface area (Å²) in [5.74, 6) is 0.0348. The molecular weight excluding hydrogens is 290 g/mol. The Balaban J connectivity index is 2.09. The van der Waals surface area contributed by atoms with E-state index < -0.39 is 5.97 Å². The second-order valence-electron chi connectivity index (χ2n) is 4.67. The maximum absolute atomic E-state index is 12.0. The van der Waals surface area contributed by atoms with Gasteiger partial charge in [-0.05, 0) is 30.7 Å². The molecule has 2 rings (SSSR count). The van der Waals surface area contributed by atoms with Crippen molar-refractivity contribution in [1.82, 2.24) is 0 Å². The molecule has 0 saturated heterocycles. The van der Waals surface area contributed by atoms with E-state index in [1.165, 1.54) is 7.11 Å². The van der Waals surface area contributed by atoms with Gasteiger partial charge in [-0.2, -0.15) is 0 Å². The van der Waals surface area contributed by atoms with E-state index in [1.807, 2.05) is 25.1 Å². The predicted octanol–water partition coefficient (Wildman–Crippen LogP) is 3.60. The number of rotatable bonds is 4. The first kappa shape index (κ1) is 15.2. The molecule has 0 fully saturated rings. The number of aryl methyl sites for hydroxylation is 1. The molecule has 5 heteroatoms. The molecular formula is C16H16ClNO3. The topological polar surface area (TPSA) is 61.5 Å². The Labute approximate surface area is 128 Å². The summed E-state index contributed by atoms with van der Waals surface area (Å²) in [5, 5.41) is 0.577. The van der Waals surface area contributed by atoms with Crippen LogP contribution >= 0.6 is 11.6 Å². The predicted molar refractivity (Wildman–Crippen MR) is 82.7 cm³/mol. The zero-order chi connectivity index (χ0) is 15.4. The SMILES string of the molecule is COc1cc(N)cc(C(=O)OCc2ccc(C)cc2Cl)c1. The fraction of sp³-hybridized carbons (Fsp3) is 0.188. The average Bonchev–Trinajstić information content (AvgIpc) is 2.45. The molecule has 110 valence electrons. The first-order chi connectivity index (χ1) is 9.99. The molecule has 21 heavy (non-hydrogen) atoms. The molecule has 0 heterocycles. The van der Waals surface area contributed by atoms with Crippen LogP contribution in [0.1, 0.15) is 21.5 Å². The molecule has 0 aliphatic heterocycles. The van der Waals surface area contributed by atoms with Gasteiger partial charge in [0.1, 0.15) is 12.4 Å². The van der Waals surface area contributed by atoms with Crippen LogP contribution in [0.4, 0.5) is 5.69 Å². The third-order valence-corrected chi connectivity index (χ3v) is 3.32. The third-order valence-electron chi connectivity index (χ3n) is 2.97. The maximum atomic E-state index is 12.0. The van der Waals surface area contributed by atoms with E-state index in [0.717, 1.165) is 11.1 Å². The van der Waals surface area contributed by atoms with Crippen molar-refractivity contribution in [1.29, 1.82) is 0 Å². The highest BCUT2D eigenvalue weighted by molar-refractivity contribution is 6.31. The Hall–Kier alpha value is -2.20. The van der Waals surface area contributed by atoms with Crippen LogP contribution in [-0.4, -0.2) is 13.1 Å². The Bertz CT molecular complexity index is 671. The van der Waals surface area contributed by atoms with E-state index in [-0.39, 0.29) is 6.61 Å². The summed E-state index contributed by atoms with van der Waals surface area (Å²) in [7, 11) is 1.51. The van der Waals surface area contributed by atoms with Gasteiger partial charge in [-0.1, -0.05) is 23.7 Å². The van der Waals surface area contributed by atoms with Gasteiger partial charge in [0.2, 0.25) is 0 Å². The molecule has 2 N–H and O–H groups in total. The number of halogens is 1. The summed E-state index contributed by atoms with van der Waals surface area (Å²) in [6, 6.07) is 10.3. The molecule has 0 radical (unpaired) electrons. The van der Waals surface area contributed by atoms with Gasteiger partial charge in [0.15, 0.2) is 0 Å². The van der Waals surface area contributed by atoms with Crippen molar-refractivity contribution in [3.8, 4) is 5.75 Å². The summed E-state index contributed by atoms with van der Waals surface area (Å²) in [6.45, 7) is 2.05. The monoisotopic (exact) mass is 305 g/mol. The number of methoxy groups -OCH3 is 1. The molecule has 0 atom stereocenters. The van der Waals surface area contributed by atoms with Crippen molar-refractivity contribution in [2.45, 2.75) is 13.5 Å². The number of carbonyl (C=O) groups excluding carboxylic acids is 1. The van der Waals surface area contributed by atoms with Gasteiger partial charge in [0, 0.05) is 22.3 Å². The Morgan fingerprint density at radius 2 is 2.00 bits per heavy atom. The molecule has 0 aliphatic rings. The van der Waals surface area contributed by atoms with Crippen molar-refractivity contribution in [3.05, 3.63) is 58.1 Å². The normalized spacial score (nSPS) is 10.2. The van der Waals surface area contributed by atoms with Gasteiger partial charge >= 0.3 is 5.97 Å². The molecule has 0 unspecified atom stereocenters. The smallest absolute Gasteiger partial charge is 0.338 e. The molecule has 0 spiro atoms. The van der Waals surface area contributed by atoms with Crippen LogP contribution in [0.25, 0.3) is 0 Å². The number of benzene rings is 2.